The van der Waals surface area contributed by atoms with E-state index in [-0.39, 0.29) is 17.3 Å². The second-order valence-corrected chi connectivity index (χ2v) is 3.37. The fourth-order valence-corrected chi connectivity index (χ4v) is 1.59. The molecule has 2 rings (SSSR count). The van der Waals surface area contributed by atoms with Gasteiger partial charge >= 0.3 is 0 Å². The van der Waals surface area contributed by atoms with E-state index in [0.717, 1.165) is 5.56 Å². The monoisotopic (exact) mass is 207 g/mol. The zero-order valence-corrected chi connectivity index (χ0v) is 7.82. The number of nitrogens with one attached hydrogen (secondary N) is 1. The quantitative estimate of drug-likeness (QED) is 0.408. The maximum absolute atomic E-state index is 11.1. The molecule has 1 aliphatic heterocycles. The topological polar surface area (TPSA) is 98.3 Å². The average Bonchev–Trinajstić information content (AvgIpc) is 2.17. The van der Waals surface area contributed by atoms with E-state index in [1.807, 2.05) is 0 Å². The van der Waals surface area contributed by atoms with Gasteiger partial charge in [0.1, 0.15) is 5.69 Å². The van der Waals surface area contributed by atoms with Crippen LogP contribution in [0.1, 0.15) is 12.0 Å². The zero-order valence-electron chi connectivity index (χ0n) is 7.82. The van der Waals surface area contributed by atoms with Gasteiger partial charge in [0.2, 0.25) is 5.91 Å². The van der Waals surface area contributed by atoms with E-state index in [0.29, 0.717) is 18.5 Å². The predicted molar refractivity (Wildman–Crippen MR) is 54.5 cm³/mol. The molecule has 0 saturated heterocycles. The molecule has 1 aromatic rings. The van der Waals surface area contributed by atoms with Crippen LogP contribution in [-0.4, -0.2) is 10.8 Å². The third kappa shape index (κ3) is 1.61. The molecular formula is C9H9N3O3. The Balaban J connectivity index is 2.51. The van der Waals surface area contributed by atoms with Crippen LogP contribution in [0.15, 0.2) is 12.1 Å². The Hall–Kier alpha value is -2.11. The first-order valence-corrected chi connectivity index (χ1v) is 4.44. The van der Waals surface area contributed by atoms with Gasteiger partial charge in [0, 0.05) is 12.5 Å². The van der Waals surface area contributed by atoms with Gasteiger partial charge in [-0.05, 0) is 18.1 Å². The normalized spacial score (nSPS) is 14.3. The number of nitrogen functional groups attached to an aromatic ring is 1. The Labute approximate surface area is 85.2 Å². The Morgan fingerprint density at radius 1 is 1.40 bits per heavy atom. The molecular weight excluding hydrogens is 198 g/mol. The number of nitro benzene ring substituents is 1. The Morgan fingerprint density at radius 3 is 2.80 bits per heavy atom. The molecule has 0 aromatic heterocycles. The van der Waals surface area contributed by atoms with Gasteiger partial charge in [-0.1, -0.05) is 0 Å². The highest BCUT2D eigenvalue weighted by molar-refractivity contribution is 5.95. The summed E-state index contributed by atoms with van der Waals surface area (Å²) in [6.45, 7) is 0. The van der Waals surface area contributed by atoms with E-state index in [9.17, 15) is 14.9 Å². The van der Waals surface area contributed by atoms with Crippen molar-refractivity contribution in [1.82, 2.24) is 0 Å². The van der Waals surface area contributed by atoms with E-state index < -0.39 is 4.92 Å². The summed E-state index contributed by atoms with van der Waals surface area (Å²) in [6.07, 6.45) is 0.966. The number of hydrogen-bond acceptors (Lipinski definition) is 4. The molecule has 0 radical (unpaired) electrons. The smallest absolute Gasteiger partial charge is 0.294 e. The number of nitrogens with zero attached hydrogens (tertiary/aromatic N) is 1. The number of carbonyl (C=O) groups is 1. The van der Waals surface area contributed by atoms with Crippen molar-refractivity contribution in [3.05, 3.63) is 27.8 Å². The first-order valence-electron chi connectivity index (χ1n) is 4.44. The number of rotatable bonds is 1. The van der Waals surface area contributed by atoms with Crippen molar-refractivity contribution in [2.24, 2.45) is 0 Å². The van der Waals surface area contributed by atoms with Gasteiger partial charge in [0.05, 0.1) is 10.6 Å². The maximum atomic E-state index is 11.1. The molecule has 15 heavy (non-hydrogen) atoms. The summed E-state index contributed by atoms with van der Waals surface area (Å²) in [4.78, 5) is 21.1. The van der Waals surface area contributed by atoms with E-state index in [1.165, 1.54) is 6.07 Å². The lowest BCUT2D eigenvalue weighted by molar-refractivity contribution is -0.383. The number of hydrogen-bond donors (Lipinski definition) is 2. The van der Waals surface area contributed by atoms with Crippen LogP contribution < -0.4 is 11.1 Å². The molecule has 6 heteroatoms. The summed E-state index contributed by atoms with van der Waals surface area (Å²) in [5, 5.41) is 13.2. The fourth-order valence-electron chi connectivity index (χ4n) is 1.59. The van der Waals surface area contributed by atoms with E-state index in [2.05, 4.69) is 5.32 Å². The Morgan fingerprint density at radius 2 is 2.13 bits per heavy atom. The summed E-state index contributed by atoms with van der Waals surface area (Å²) in [5.41, 5.74) is 6.83. The molecule has 0 unspecified atom stereocenters. The highest BCUT2D eigenvalue weighted by Crippen LogP contribution is 2.31. The minimum absolute atomic E-state index is 0.124. The number of carbonyl (C=O) groups excluding carboxylic acids is 1. The predicted octanol–water partition coefficient (Wildman–Crippen LogP) is 1.06. The highest BCUT2D eigenvalue weighted by Gasteiger charge is 2.20. The molecule has 6 nitrogen and oxygen atoms in total. The third-order valence-electron chi connectivity index (χ3n) is 2.34. The van der Waals surface area contributed by atoms with Gasteiger partial charge in [-0.2, -0.15) is 0 Å². The summed E-state index contributed by atoms with van der Waals surface area (Å²) < 4.78 is 0. The van der Waals surface area contributed by atoms with Crippen molar-refractivity contribution in [2.75, 3.05) is 11.1 Å². The number of fused-ring (bicyclic) bond motifs is 1. The van der Waals surface area contributed by atoms with Crippen LogP contribution in [0.3, 0.4) is 0 Å². The van der Waals surface area contributed by atoms with Gasteiger partial charge in [0.25, 0.3) is 5.69 Å². The van der Waals surface area contributed by atoms with Crippen LogP contribution in [-0.2, 0) is 11.2 Å². The zero-order chi connectivity index (χ0) is 11.0. The number of amides is 1. The molecule has 0 spiro atoms. The summed E-state index contributed by atoms with van der Waals surface area (Å²) in [7, 11) is 0. The van der Waals surface area contributed by atoms with Crippen molar-refractivity contribution in [1.29, 1.82) is 0 Å². The molecule has 0 atom stereocenters. The number of nitro groups is 1. The lowest BCUT2D eigenvalue weighted by atomic mass is 10.0. The molecule has 1 aromatic carbocycles. The fraction of sp³-hybridized carbons (Fsp3) is 0.222. The van der Waals surface area contributed by atoms with E-state index >= 15 is 0 Å². The molecule has 1 heterocycles. The summed E-state index contributed by atoms with van der Waals surface area (Å²) in [6, 6.07) is 2.86. The minimum atomic E-state index is -0.559. The van der Waals surface area contributed by atoms with Gasteiger partial charge in [-0.25, -0.2) is 0 Å². The SMILES string of the molecule is Nc1cc2c(cc1[N+](=O)[O-])NC(=O)CC2. The van der Waals surface area contributed by atoms with Crippen LogP contribution in [0, 0.1) is 10.1 Å². The van der Waals surface area contributed by atoms with Crippen LogP contribution in [0.2, 0.25) is 0 Å². The van der Waals surface area contributed by atoms with Crippen LogP contribution in [0.25, 0.3) is 0 Å². The van der Waals surface area contributed by atoms with Gasteiger partial charge in [-0.15, -0.1) is 0 Å². The first-order chi connectivity index (χ1) is 7.08. The van der Waals surface area contributed by atoms with Crippen molar-refractivity contribution >= 4 is 23.0 Å². The second kappa shape index (κ2) is 3.23. The van der Waals surface area contributed by atoms with Gasteiger partial charge < -0.3 is 11.1 Å². The molecule has 78 valence electrons. The standard InChI is InChI=1S/C9H9N3O3/c10-6-3-5-1-2-9(13)11-7(5)4-8(6)12(14)15/h3-4H,1-2,10H2,(H,11,13). The van der Waals surface area contributed by atoms with Crippen molar-refractivity contribution in [3.63, 3.8) is 0 Å². The molecule has 1 aliphatic rings. The molecule has 0 fully saturated rings. The molecule has 0 aliphatic carbocycles. The summed E-state index contributed by atoms with van der Waals surface area (Å²) in [5.74, 6) is -0.124. The van der Waals surface area contributed by atoms with Crippen LogP contribution >= 0.6 is 0 Å². The van der Waals surface area contributed by atoms with Gasteiger partial charge in [-0.3, -0.25) is 14.9 Å². The lowest BCUT2D eigenvalue weighted by Gasteiger charge is -2.16. The number of aryl methyl sites for hydroxylation is 1. The highest BCUT2D eigenvalue weighted by atomic mass is 16.6. The van der Waals surface area contributed by atoms with Gasteiger partial charge in [0.15, 0.2) is 0 Å². The van der Waals surface area contributed by atoms with E-state index in [1.54, 1.807) is 6.07 Å². The van der Waals surface area contributed by atoms with Crippen molar-refractivity contribution in [3.8, 4) is 0 Å². The number of anilines is 2. The maximum Gasteiger partial charge on any atom is 0.294 e. The average molecular weight is 207 g/mol. The first kappa shape index (κ1) is 9.45. The molecule has 1 amide bonds. The number of benzene rings is 1. The Bertz CT molecular complexity index is 456. The van der Waals surface area contributed by atoms with Crippen molar-refractivity contribution < 1.29 is 9.72 Å². The second-order valence-electron chi connectivity index (χ2n) is 3.37. The molecule has 0 bridgehead atoms. The Kier molecular flexibility index (Phi) is 2.03. The molecule has 0 saturated carbocycles. The minimum Gasteiger partial charge on any atom is -0.393 e. The van der Waals surface area contributed by atoms with Crippen LogP contribution in [0.4, 0.5) is 17.1 Å². The van der Waals surface area contributed by atoms with Crippen LogP contribution in [0.5, 0.6) is 0 Å². The van der Waals surface area contributed by atoms with Crippen molar-refractivity contribution in [2.45, 2.75) is 12.8 Å². The lowest BCUT2D eigenvalue weighted by Crippen LogP contribution is -2.19. The molecule has 3 N–H and O–H groups in total. The van der Waals surface area contributed by atoms with E-state index in [4.69, 9.17) is 5.73 Å². The summed E-state index contributed by atoms with van der Waals surface area (Å²) >= 11 is 0. The largest absolute Gasteiger partial charge is 0.393 e. The number of nitrogens with two attached hydrogens (primary N) is 1. The third-order valence-corrected chi connectivity index (χ3v) is 2.34.